The highest BCUT2D eigenvalue weighted by Crippen LogP contribution is 2.10. The first-order valence-corrected chi connectivity index (χ1v) is 5.00. The maximum atomic E-state index is 1.64. The lowest BCUT2D eigenvalue weighted by atomic mass is 10.3. The molecule has 0 spiro atoms. The third-order valence-electron chi connectivity index (χ3n) is 1.50. The molecule has 1 aliphatic heterocycles. The van der Waals surface area contributed by atoms with E-state index in [1.165, 1.54) is 6.42 Å². The van der Waals surface area contributed by atoms with Gasteiger partial charge < -0.3 is 0 Å². The maximum Gasteiger partial charge on any atom is 0.236 e. The van der Waals surface area contributed by atoms with E-state index in [-0.39, 0.29) is 0 Å². The summed E-state index contributed by atoms with van der Waals surface area (Å²) in [6.45, 7) is 0. The Labute approximate surface area is 45.6 Å². The quantitative estimate of drug-likeness (QED) is 0.402. The first-order valence-electron chi connectivity index (χ1n) is 3.00. The van der Waals surface area contributed by atoms with Gasteiger partial charge >= 0.3 is 0 Å². The summed E-state index contributed by atoms with van der Waals surface area (Å²) in [7, 11) is 0. The molecule has 1 fully saturated rings. The van der Waals surface area contributed by atoms with Gasteiger partial charge in [-0.2, -0.15) is 0 Å². The van der Waals surface area contributed by atoms with Gasteiger partial charge in [-0.05, 0) is 0 Å². The Morgan fingerprint density at radius 3 is 1.67 bits per heavy atom. The van der Waals surface area contributed by atoms with E-state index in [0.29, 0.717) is 15.2 Å². The number of hydrogen-bond acceptors (Lipinski definition) is 0. The van der Waals surface area contributed by atoms with Crippen LogP contribution < -0.4 is 0 Å². The molecule has 0 amide bonds. The summed E-state index contributed by atoms with van der Waals surface area (Å²) in [6.07, 6.45) is 4.66. The molecular weight excluding hydrogens is 87.0 g/mol. The van der Waals surface area contributed by atoms with E-state index in [1.54, 1.807) is 23.4 Å². The zero-order chi connectivity index (χ0) is 4.24. The SMILES string of the molecule is C1C[CH2][AlH][CH2]C1. The first kappa shape index (κ1) is 4.69. The van der Waals surface area contributed by atoms with Crippen molar-refractivity contribution in [2.75, 3.05) is 0 Å². The van der Waals surface area contributed by atoms with Crippen molar-refractivity contribution < 1.29 is 0 Å². The predicted octanol–water partition coefficient (Wildman–Crippen LogP) is 1.44. The van der Waals surface area contributed by atoms with Crippen LogP contribution in [0.1, 0.15) is 19.3 Å². The molecule has 0 aromatic carbocycles. The van der Waals surface area contributed by atoms with Crippen LogP contribution in [-0.4, -0.2) is 15.2 Å². The van der Waals surface area contributed by atoms with E-state index in [0.717, 1.165) is 0 Å². The molecule has 0 aromatic rings. The van der Waals surface area contributed by atoms with Crippen LogP contribution in [0.3, 0.4) is 0 Å². The summed E-state index contributed by atoms with van der Waals surface area (Å²) < 4.78 is 0. The summed E-state index contributed by atoms with van der Waals surface area (Å²) >= 11 is 0.508. The highest BCUT2D eigenvalue weighted by atomic mass is 27.1. The van der Waals surface area contributed by atoms with Crippen molar-refractivity contribution >= 4 is 15.2 Å². The Morgan fingerprint density at radius 1 is 0.833 bits per heavy atom. The fourth-order valence-electron chi connectivity index (χ4n) is 1.06. The van der Waals surface area contributed by atoms with E-state index in [4.69, 9.17) is 0 Å². The van der Waals surface area contributed by atoms with Gasteiger partial charge in [-0.3, -0.25) is 0 Å². The molecule has 0 N–H and O–H groups in total. The molecule has 0 nitrogen and oxygen atoms in total. The monoisotopic (exact) mass is 98.1 g/mol. The summed E-state index contributed by atoms with van der Waals surface area (Å²) in [5.41, 5.74) is 0. The van der Waals surface area contributed by atoms with Crippen molar-refractivity contribution in [2.24, 2.45) is 0 Å². The lowest BCUT2D eigenvalue weighted by molar-refractivity contribution is 0.734. The van der Waals surface area contributed by atoms with E-state index in [9.17, 15) is 0 Å². The molecule has 0 atom stereocenters. The van der Waals surface area contributed by atoms with Crippen LogP contribution in [0.25, 0.3) is 0 Å². The lowest BCUT2D eigenvalue weighted by Gasteiger charge is -2.03. The van der Waals surface area contributed by atoms with Crippen molar-refractivity contribution in [1.82, 2.24) is 0 Å². The first-order chi connectivity index (χ1) is 3.00. The van der Waals surface area contributed by atoms with Crippen molar-refractivity contribution in [2.45, 2.75) is 29.8 Å². The van der Waals surface area contributed by atoms with Crippen LogP contribution in [0.5, 0.6) is 0 Å². The van der Waals surface area contributed by atoms with E-state index in [1.807, 2.05) is 0 Å². The van der Waals surface area contributed by atoms with Crippen LogP contribution in [0, 0.1) is 0 Å². The molecular formula is C5H11Al. The normalized spacial score (nSPS) is 22.7. The minimum Gasteiger partial charge on any atom is -0.0972 e. The zero-order valence-corrected chi connectivity index (χ0v) is 5.66. The van der Waals surface area contributed by atoms with E-state index >= 15 is 0 Å². The Balaban J connectivity index is 2.00. The Bertz CT molecular complexity index is 19.4. The highest BCUT2D eigenvalue weighted by molar-refractivity contribution is 6.35. The van der Waals surface area contributed by atoms with Gasteiger partial charge in [-0.1, -0.05) is 29.8 Å². The Morgan fingerprint density at radius 2 is 1.50 bits per heavy atom. The molecule has 1 rings (SSSR count). The molecule has 0 unspecified atom stereocenters. The molecule has 6 heavy (non-hydrogen) atoms. The van der Waals surface area contributed by atoms with Gasteiger partial charge in [0.1, 0.15) is 0 Å². The van der Waals surface area contributed by atoms with Crippen LogP contribution in [0.2, 0.25) is 10.6 Å². The minimum absolute atomic E-state index is 0.508. The van der Waals surface area contributed by atoms with Gasteiger partial charge in [0.05, 0.1) is 0 Å². The van der Waals surface area contributed by atoms with Crippen molar-refractivity contribution in [3.05, 3.63) is 0 Å². The summed E-state index contributed by atoms with van der Waals surface area (Å²) in [6, 6.07) is 0. The van der Waals surface area contributed by atoms with Gasteiger partial charge in [0.15, 0.2) is 0 Å². The van der Waals surface area contributed by atoms with Crippen molar-refractivity contribution in [3.8, 4) is 0 Å². The van der Waals surface area contributed by atoms with Gasteiger partial charge in [0.25, 0.3) is 0 Å². The van der Waals surface area contributed by atoms with Crippen LogP contribution >= 0.6 is 0 Å². The molecule has 0 radical (unpaired) electrons. The number of hydrogen-bond donors (Lipinski definition) is 0. The van der Waals surface area contributed by atoms with Crippen LogP contribution in [0.15, 0.2) is 0 Å². The topological polar surface area (TPSA) is 0 Å². The molecule has 1 heteroatoms. The third-order valence-corrected chi connectivity index (χ3v) is 3.50. The summed E-state index contributed by atoms with van der Waals surface area (Å²) in [5, 5.41) is 3.28. The second-order valence-corrected chi connectivity index (χ2v) is 4.24. The zero-order valence-electron chi connectivity index (χ0n) is 4.24. The molecule has 0 bridgehead atoms. The minimum atomic E-state index is 0.508. The van der Waals surface area contributed by atoms with Crippen LogP contribution in [-0.2, 0) is 0 Å². The fourth-order valence-corrected chi connectivity index (χ4v) is 2.83. The van der Waals surface area contributed by atoms with Crippen LogP contribution in [0.4, 0.5) is 0 Å². The summed E-state index contributed by atoms with van der Waals surface area (Å²) in [4.78, 5) is 0. The molecule has 34 valence electrons. The standard InChI is InChI=1S/C5H10.Al.H/c1-3-5-4-2;;/h1-5H2;;. The molecule has 1 saturated heterocycles. The van der Waals surface area contributed by atoms with Crippen molar-refractivity contribution in [3.63, 3.8) is 0 Å². The Kier molecular flexibility index (Phi) is 2.08. The lowest BCUT2D eigenvalue weighted by Crippen LogP contribution is -1.94. The van der Waals surface area contributed by atoms with E-state index in [2.05, 4.69) is 0 Å². The maximum absolute atomic E-state index is 1.64. The average molecular weight is 98.1 g/mol. The Hall–Kier alpha value is 0.532. The van der Waals surface area contributed by atoms with Gasteiger partial charge in [0.2, 0.25) is 15.2 Å². The number of rotatable bonds is 0. The molecule has 0 aromatic heterocycles. The third kappa shape index (κ3) is 1.33. The average Bonchev–Trinajstić information content (AvgIpc) is 1.72. The molecule has 0 aliphatic carbocycles. The smallest absolute Gasteiger partial charge is 0.0972 e. The fraction of sp³-hybridized carbons (Fsp3) is 1.00. The summed E-state index contributed by atoms with van der Waals surface area (Å²) in [5.74, 6) is 0. The molecule has 1 aliphatic rings. The highest BCUT2D eigenvalue weighted by Gasteiger charge is 1.99. The predicted molar refractivity (Wildman–Crippen MR) is 30.6 cm³/mol. The van der Waals surface area contributed by atoms with Gasteiger partial charge in [0, 0.05) is 0 Å². The largest absolute Gasteiger partial charge is 0.236 e. The molecule has 0 saturated carbocycles. The van der Waals surface area contributed by atoms with Gasteiger partial charge in [-0.15, -0.1) is 0 Å². The van der Waals surface area contributed by atoms with E-state index < -0.39 is 0 Å². The second-order valence-electron chi connectivity index (χ2n) is 2.12. The van der Waals surface area contributed by atoms with Gasteiger partial charge in [-0.25, -0.2) is 0 Å². The van der Waals surface area contributed by atoms with Crippen molar-refractivity contribution in [1.29, 1.82) is 0 Å². The molecule has 1 heterocycles. The second kappa shape index (κ2) is 2.66.